The Bertz CT molecular complexity index is 580. The Balaban J connectivity index is 1.73. The van der Waals surface area contributed by atoms with Crippen LogP contribution >= 0.6 is 11.7 Å². The maximum atomic E-state index is 5.99. The van der Waals surface area contributed by atoms with Gasteiger partial charge in [-0.05, 0) is 27.2 Å². The van der Waals surface area contributed by atoms with E-state index < -0.39 is 0 Å². The first-order valence-electron chi connectivity index (χ1n) is 11.0. The van der Waals surface area contributed by atoms with Gasteiger partial charge in [0.05, 0.1) is 38.2 Å². The van der Waals surface area contributed by atoms with E-state index in [9.17, 15) is 0 Å². The third-order valence-electron chi connectivity index (χ3n) is 4.28. The molecule has 0 aliphatic carbocycles. The Labute approximate surface area is 189 Å². The number of nitrogens with zero attached hydrogens (tertiary/aromatic N) is 3. The lowest BCUT2D eigenvalue weighted by molar-refractivity contribution is -0.304. The molecular weight excluding hydrogens is 424 g/mol. The molecule has 1 fully saturated rings. The second kappa shape index (κ2) is 14.9. The van der Waals surface area contributed by atoms with Crippen molar-refractivity contribution in [1.29, 1.82) is 0 Å². The van der Waals surface area contributed by atoms with Crippen LogP contribution in [0.15, 0.2) is 0 Å². The van der Waals surface area contributed by atoms with Crippen LogP contribution in [0.3, 0.4) is 0 Å². The number of hydrogen-bond acceptors (Lipinski definition) is 11. The zero-order valence-corrected chi connectivity index (χ0v) is 20.1. The molecule has 180 valence electrons. The predicted octanol–water partition coefficient (Wildman–Crippen LogP) is 1.90. The van der Waals surface area contributed by atoms with E-state index in [4.69, 9.17) is 28.7 Å². The lowest BCUT2D eigenvalue weighted by atomic mass is 10.1. The standard InChI is InChI=1S/C20H38N4O6S/c1-5-8-25-11-13-29-30-14-12-27-17(15-21-20(2,3)4)16-28-19-18(22-31-23-19)24-6-9-26-10-7-24/h17,21H,5-16H2,1-4H3. The molecule has 0 bridgehead atoms. The van der Waals surface area contributed by atoms with Crippen molar-refractivity contribution in [3.05, 3.63) is 0 Å². The summed E-state index contributed by atoms with van der Waals surface area (Å²) in [5, 5.41) is 3.46. The molecule has 2 rings (SSSR count). The van der Waals surface area contributed by atoms with E-state index in [0.29, 0.717) is 58.7 Å². The van der Waals surface area contributed by atoms with Crippen molar-refractivity contribution in [3.63, 3.8) is 0 Å². The Kier molecular flexibility index (Phi) is 12.6. The van der Waals surface area contributed by atoms with E-state index >= 15 is 0 Å². The molecule has 1 aliphatic rings. The zero-order chi connectivity index (χ0) is 22.4. The molecule has 1 N–H and O–H groups in total. The first-order valence-corrected chi connectivity index (χ1v) is 11.7. The highest BCUT2D eigenvalue weighted by Gasteiger charge is 2.22. The van der Waals surface area contributed by atoms with Crippen molar-refractivity contribution < 1.29 is 28.7 Å². The van der Waals surface area contributed by atoms with Gasteiger partial charge in [-0.2, -0.15) is 4.37 Å². The zero-order valence-electron chi connectivity index (χ0n) is 19.3. The highest BCUT2D eigenvalue weighted by atomic mass is 32.1. The summed E-state index contributed by atoms with van der Waals surface area (Å²) in [6, 6.07) is 0. The van der Waals surface area contributed by atoms with Crippen LogP contribution in [0.4, 0.5) is 5.82 Å². The molecule has 1 aromatic rings. The minimum Gasteiger partial charge on any atom is -0.472 e. The van der Waals surface area contributed by atoms with Crippen molar-refractivity contribution in [1.82, 2.24) is 14.1 Å². The molecule has 2 heterocycles. The fraction of sp³-hybridized carbons (Fsp3) is 0.900. The molecule has 0 saturated carbocycles. The van der Waals surface area contributed by atoms with Crippen molar-refractivity contribution in [3.8, 4) is 5.88 Å². The number of morpholine rings is 1. The average Bonchev–Trinajstić information content (AvgIpc) is 3.22. The summed E-state index contributed by atoms with van der Waals surface area (Å²) in [6.07, 6.45) is 0.820. The molecule has 10 nitrogen and oxygen atoms in total. The highest BCUT2D eigenvalue weighted by Crippen LogP contribution is 2.26. The maximum absolute atomic E-state index is 5.99. The van der Waals surface area contributed by atoms with Gasteiger partial charge in [-0.15, -0.1) is 4.37 Å². The second-order valence-electron chi connectivity index (χ2n) is 8.18. The number of anilines is 1. The molecule has 31 heavy (non-hydrogen) atoms. The third-order valence-corrected chi connectivity index (χ3v) is 4.78. The Morgan fingerprint density at radius 1 is 1.06 bits per heavy atom. The van der Waals surface area contributed by atoms with Crippen molar-refractivity contribution in [2.45, 2.75) is 45.8 Å². The van der Waals surface area contributed by atoms with Gasteiger partial charge in [-0.1, -0.05) is 6.92 Å². The number of ether oxygens (including phenoxy) is 4. The summed E-state index contributed by atoms with van der Waals surface area (Å²) in [4.78, 5) is 12.4. The number of nitrogens with one attached hydrogen (secondary N) is 1. The molecule has 1 saturated heterocycles. The fourth-order valence-corrected chi connectivity index (χ4v) is 3.22. The van der Waals surface area contributed by atoms with Crippen molar-refractivity contribution in [2.75, 3.05) is 77.4 Å². The topological polar surface area (TPSA) is 96.4 Å². The monoisotopic (exact) mass is 462 g/mol. The number of hydrogen-bond donors (Lipinski definition) is 1. The molecule has 0 amide bonds. The highest BCUT2D eigenvalue weighted by molar-refractivity contribution is 6.99. The van der Waals surface area contributed by atoms with E-state index in [0.717, 1.165) is 43.7 Å². The first-order chi connectivity index (χ1) is 15.0. The molecule has 1 unspecified atom stereocenters. The molecule has 1 aromatic heterocycles. The van der Waals surface area contributed by atoms with Crippen LogP contribution in [0, 0.1) is 0 Å². The summed E-state index contributed by atoms with van der Waals surface area (Å²) < 4.78 is 31.4. The Hall–Kier alpha value is -1.08. The lowest BCUT2D eigenvalue weighted by Crippen LogP contribution is -2.44. The third kappa shape index (κ3) is 11.4. The van der Waals surface area contributed by atoms with Gasteiger partial charge in [0.15, 0.2) is 0 Å². The average molecular weight is 463 g/mol. The largest absolute Gasteiger partial charge is 0.472 e. The SMILES string of the molecule is CCCOCCOOCCOC(CNC(C)(C)C)COc1nsnc1N1CCOCC1. The van der Waals surface area contributed by atoms with Gasteiger partial charge in [0.2, 0.25) is 5.82 Å². The van der Waals surface area contributed by atoms with Crippen LogP contribution < -0.4 is 15.0 Å². The van der Waals surface area contributed by atoms with Gasteiger partial charge in [0, 0.05) is 31.8 Å². The summed E-state index contributed by atoms with van der Waals surface area (Å²) in [5.74, 6) is 1.32. The van der Waals surface area contributed by atoms with Crippen LogP contribution in [0.25, 0.3) is 0 Å². The molecule has 0 aromatic carbocycles. The van der Waals surface area contributed by atoms with Crippen LogP contribution in [-0.4, -0.2) is 92.9 Å². The second-order valence-corrected chi connectivity index (χ2v) is 8.71. The van der Waals surface area contributed by atoms with Gasteiger partial charge in [-0.3, -0.25) is 0 Å². The van der Waals surface area contributed by atoms with Gasteiger partial charge < -0.3 is 29.2 Å². The molecule has 0 radical (unpaired) electrons. The van der Waals surface area contributed by atoms with E-state index in [1.807, 2.05) is 0 Å². The normalized spacial score (nSPS) is 15.9. The fourth-order valence-electron chi connectivity index (χ4n) is 2.70. The predicted molar refractivity (Wildman–Crippen MR) is 119 cm³/mol. The maximum Gasteiger partial charge on any atom is 0.270 e. The summed E-state index contributed by atoms with van der Waals surface area (Å²) in [6.45, 7) is 14.7. The lowest BCUT2D eigenvalue weighted by Gasteiger charge is -2.27. The molecule has 1 aliphatic heterocycles. The van der Waals surface area contributed by atoms with Crippen LogP contribution in [0.2, 0.25) is 0 Å². The molecule has 0 spiro atoms. The van der Waals surface area contributed by atoms with Crippen LogP contribution in [0.1, 0.15) is 34.1 Å². The van der Waals surface area contributed by atoms with Gasteiger partial charge in [0.1, 0.15) is 25.9 Å². The Morgan fingerprint density at radius 3 is 2.52 bits per heavy atom. The van der Waals surface area contributed by atoms with Crippen molar-refractivity contribution in [2.24, 2.45) is 0 Å². The molecule has 11 heteroatoms. The quantitative estimate of drug-likeness (QED) is 0.223. The van der Waals surface area contributed by atoms with E-state index in [1.54, 1.807) is 0 Å². The van der Waals surface area contributed by atoms with Crippen LogP contribution in [-0.2, 0) is 24.0 Å². The summed E-state index contributed by atoms with van der Waals surface area (Å²) in [7, 11) is 0. The summed E-state index contributed by atoms with van der Waals surface area (Å²) >= 11 is 1.15. The van der Waals surface area contributed by atoms with E-state index in [1.165, 1.54) is 0 Å². The van der Waals surface area contributed by atoms with Gasteiger partial charge in [-0.25, -0.2) is 9.78 Å². The number of rotatable bonds is 16. The smallest absolute Gasteiger partial charge is 0.270 e. The van der Waals surface area contributed by atoms with E-state index in [2.05, 4.69) is 46.7 Å². The minimum absolute atomic E-state index is 0.0269. The minimum atomic E-state index is -0.171. The van der Waals surface area contributed by atoms with Gasteiger partial charge in [0.25, 0.3) is 5.88 Å². The first kappa shape index (κ1) is 26.2. The Morgan fingerprint density at radius 2 is 1.81 bits per heavy atom. The van der Waals surface area contributed by atoms with Crippen molar-refractivity contribution >= 4 is 17.5 Å². The molecular formula is C20H38N4O6S. The van der Waals surface area contributed by atoms with E-state index in [-0.39, 0.29) is 11.6 Å². The number of aromatic nitrogens is 2. The van der Waals surface area contributed by atoms with Gasteiger partial charge >= 0.3 is 0 Å². The molecule has 1 atom stereocenters. The van der Waals surface area contributed by atoms with Crippen LogP contribution in [0.5, 0.6) is 5.88 Å². The summed E-state index contributed by atoms with van der Waals surface area (Å²) in [5.41, 5.74) is -0.0269.